The fourth-order valence-corrected chi connectivity index (χ4v) is 4.31. The van der Waals surface area contributed by atoms with E-state index in [1.165, 1.54) is 25.7 Å². The predicted octanol–water partition coefficient (Wildman–Crippen LogP) is 1.46. The summed E-state index contributed by atoms with van der Waals surface area (Å²) in [6.07, 6.45) is 8.08. The molecule has 2 N–H and O–H groups in total. The van der Waals surface area contributed by atoms with Crippen molar-refractivity contribution in [1.29, 1.82) is 0 Å². The van der Waals surface area contributed by atoms with Gasteiger partial charge in [0.05, 0.1) is 6.04 Å². The van der Waals surface area contributed by atoms with Crippen LogP contribution in [-0.2, 0) is 9.59 Å². The number of fused-ring (bicyclic) bond motifs is 1. The van der Waals surface area contributed by atoms with Gasteiger partial charge in [-0.05, 0) is 38.0 Å². The predicted molar refractivity (Wildman–Crippen MR) is 88.0 cm³/mol. The lowest BCUT2D eigenvalue weighted by Gasteiger charge is -2.34. The van der Waals surface area contributed by atoms with Crippen LogP contribution in [0.15, 0.2) is 0 Å². The van der Waals surface area contributed by atoms with Crippen molar-refractivity contribution in [2.45, 2.75) is 70.0 Å². The second kappa shape index (κ2) is 7.64. The molecule has 3 rings (SSSR count). The van der Waals surface area contributed by atoms with Crippen molar-refractivity contribution in [3.63, 3.8) is 0 Å². The van der Waals surface area contributed by atoms with Gasteiger partial charge in [0.15, 0.2) is 0 Å². The number of amides is 2. The summed E-state index contributed by atoms with van der Waals surface area (Å²) in [6, 6.07) is 0.696. The number of rotatable bonds is 2. The van der Waals surface area contributed by atoms with E-state index in [1.54, 1.807) is 6.92 Å². The van der Waals surface area contributed by atoms with E-state index >= 15 is 0 Å². The van der Waals surface area contributed by atoms with Gasteiger partial charge in [0.25, 0.3) is 0 Å². The lowest BCUT2D eigenvalue weighted by molar-refractivity contribution is -0.135. The lowest BCUT2D eigenvalue weighted by atomic mass is 9.85. The zero-order chi connectivity index (χ0) is 14.8. The van der Waals surface area contributed by atoms with Gasteiger partial charge in [0.2, 0.25) is 11.8 Å². The average Bonchev–Trinajstić information content (AvgIpc) is 2.90. The van der Waals surface area contributed by atoms with Crippen LogP contribution in [-0.4, -0.2) is 47.9 Å². The van der Waals surface area contributed by atoms with Gasteiger partial charge in [-0.2, -0.15) is 0 Å². The molecule has 0 spiro atoms. The molecule has 1 saturated carbocycles. The molecule has 0 bridgehead atoms. The van der Waals surface area contributed by atoms with Gasteiger partial charge in [-0.1, -0.05) is 12.8 Å². The lowest BCUT2D eigenvalue weighted by Crippen LogP contribution is -2.53. The zero-order valence-corrected chi connectivity index (χ0v) is 14.2. The Hall–Kier alpha value is -0.810. The highest BCUT2D eigenvalue weighted by Crippen LogP contribution is 2.33. The van der Waals surface area contributed by atoms with Gasteiger partial charge in [-0.15, -0.1) is 12.4 Å². The first-order valence-corrected chi connectivity index (χ1v) is 8.45. The van der Waals surface area contributed by atoms with Crippen LogP contribution in [0.3, 0.4) is 0 Å². The second-order valence-corrected chi connectivity index (χ2v) is 6.93. The monoisotopic (exact) mass is 329 g/mol. The maximum Gasteiger partial charge on any atom is 0.239 e. The number of nitrogens with zero attached hydrogens (tertiary/aromatic N) is 1. The SMILES string of the molecule is CC(=O)NC1CCCN(C(=O)C2CC3CCCCC3N2)C1.Cl. The van der Waals surface area contributed by atoms with E-state index in [1.807, 2.05) is 4.90 Å². The minimum atomic E-state index is -0.000639. The Morgan fingerprint density at radius 3 is 2.64 bits per heavy atom. The molecule has 4 unspecified atom stereocenters. The maximum absolute atomic E-state index is 12.7. The van der Waals surface area contributed by atoms with E-state index in [0.29, 0.717) is 18.5 Å². The molecule has 3 aliphatic rings. The Kier molecular flexibility index (Phi) is 6.09. The molecule has 3 fully saturated rings. The highest BCUT2D eigenvalue weighted by molar-refractivity contribution is 5.85. The summed E-state index contributed by atoms with van der Waals surface area (Å²) in [6.45, 7) is 3.05. The van der Waals surface area contributed by atoms with Crippen LogP contribution in [0.4, 0.5) is 0 Å². The van der Waals surface area contributed by atoms with Crippen molar-refractivity contribution in [2.24, 2.45) is 5.92 Å². The van der Waals surface area contributed by atoms with Crippen molar-refractivity contribution in [1.82, 2.24) is 15.5 Å². The number of nitrogens with one attached hydrogen (secondary N) is 2. The minimum Gasteiger partial charge on any atom is -0.352 e. The Bertz CT molecular complexity index is 404. The Morgan fingerprint density at radius 2 is 1.91 bits per heavy atom. The first-order chi connectivity index (χ1) is 10.1. The van der Waals surface area contributed by atoms with E-state index in [9.17, 15) is 9.59 Å². The minimum absolute atomic E-state index is 0. The van der Waals surface area contributed by atoms with E-state index in [-0.39, 0.29) is 36.3 Å². The van der Waals surface area contributed by atoms with Crippen molar-refractivity contribution < 1.29 is 9.59 Å². The van der Waals surface area contributed by atoms with Crippen LogP contribution in [0.5, 0.6) is 0 Å². The first kappa shape index (κ1) is 17.5. The van der Waals surface area contributed by atoms with Gasteiger partial charge in [0, 0.05) is 32.1 Å². The Balaban J connectivity index is 0.00000176. The molecule has 2 saturated heterocycles. The summed E-state index contributed by atoms with van der Waals surface area (Å²) >= 11 is 0. The van der Waals surface area contributed by atoms with E-state index in [0.717, 1.165) is 25.8 Å². The van der Waals surface area contributed by atoms with Crippen molar-refractivity contribution in [3.05, 3.63) is 0 Å². The molecule has 4 atom stereocenters. The maximum atomic E-state index is 12.7. The normalized spacial score (nSPS) is 34.5. The smallest absolute Gasteiger partial charge is 0.239 e. The molecule has 22 heavy (non-hydrogen) atoms. The topological polar surface area (TPSA) is 61.4 Å². The molecule has 126 valence electrons. The van der Waals surface area contributed by atoms with Crippen LogP contribution in [0.1, 0.15) is 51.9 Å². The quantitative estimate of drug-likeness (QED) is 0.806. The Morgan fingerprint density at radius 1 is 1.14 bits per heavy atom. The van der Waals surface area contributed by atoms with Crippen LogP contribution >= 0.6 is 12.4 Å². The number of carbonyl (C=O) groups is 2. The average molecular weight is 330 g/mol. The summed E-state index contributed by atoms with van der Waals surface area (Å²) in [5.74, 6) is 0.947. The summed E-state index contributed by atoms with van der Waals surface area (Å²) in [5, 5.41) is 6.52. The van der Waals surface area contributed by atoms with Crippen molar-refractivity contribution in [2.75, 3.05) is 13.1 Å². The number of hydrogen-bond donors (Lipinski definition) is 2. The highest BCUT2D eigenvalue weighted by atomic mass is 35.5. The third-order valence-corrected chi connectivity index (χ3v) is 5.30. The molecule has 0 radical (unpaired) electrons. The van der Waals surface area contributed by atoms with Crippen LogP contribution in [0.25, 0.3) is 0 Å². The van der Waals surface area contributed by atoms with Crippen LogP contribution in [0.2, 0.25) is 0 Å². The van der Waals surface area contributed by atoms with Gasteiger partial charge in [0.1, 0.15) is 0 Å². The molecule has 2 amide bonds. The molecule has 5 nitrogen and oxygen atoms in total. The van der Waals surface area contributed by atoms with Gasteiger partial charge < -0.3 is 15.5 Å². The highest BCUT2D eigenvalue weighted by Gasteiger charge is 2.40. The fourth-order valence-electron chi connectivity index (χ4n) is 4.31. The van der Waals surface area contributed by atoms with Gasteiger partial charge in [-0.3, -0.25) is 9.59 Å². The number of hydrogen-bond acceptors (Lipinski definition) is 3. The number of carbonyl (C=O) groups excluding carboxylic acids is 2. The molecule has 0 aromatic rings. The van der Waals surface area contributed by atoms with Gasteiger partial charge in [-0.25, -0.2) is 0 Å². The second-order valence-electron chi connectivity index (χ2n) is 6.93. The molecule has 2 heterocycles. The van der Waals surface area contributed by atoms with E-state index in [2.05, 4.69) is 10.6 Å². The van der Waals surface area contributed by atoms with Crippen molar-refractivity contribution in [3.8, 4) is 0 Å². The molecule has 6 heteroatoms. The molecule has 1 aliphatic carbocycles. The number of halogens is 1. The van der Waals surface area contributed by atoms with Crippen LogP contribution < -0.4 is 10.6 Å². The molecular formula is C16H28ClN3O2. The largest absolute Gasteiger partial charge is 0.352 e. The third kappa shape index (κ3) is 3.93. The first-order valence-electron chi connectivity index (χ1n) is 8.45. The van der Waals surface area contributed by atoms with Crippen molar-refractivity contribution >= 4 is 24.2 Å². The number of piperidine rings is 1. The summed E-state index contributed by atoms with van der Waals surface area (Å²) in [5.41, 5.74) is 0. The molecule has 0 aromatic heterocycles. The van der Waals surface area contributed by atoms with E-state index < -0.39 is 0 Å². The molecule has 0 aromatic carbocycles. The summed E-state index contributed by atoms with van der Waals surface area (Å²) < 4.78 is 0. The third-order valence-electron chi connectivity index (χ3n) is 5.30. The zero-order valence-electron chi connectivity index (χ0n) is 13.3. The summed E-state index contributed by atoms with van der Waals surface area (Å²) in [4.78, 5) is 25.9. The van der Waals surface area contributed by atoms with Crippen LogP contribution in [0, 0.1) is 5.92 Å². The van der Waals surface area contributed by atoms with Gasteiger partial charge >= 0.3 is 0 Å². The molecular weight excluding hydrogens is 302 g/mol. The summed E-state index contributed by atoms with van der Waals surface area (Å²) in [7, 11) is 0. The number of likely N-dealkylation sites (tertiary alicyclic amines) is 1. The standard InChI is InChI=1S/C16H27N3O2.ClH/c1-11(20)17-13-6-4-8-19(10-13)16(21)15-9-12-5-2-3-7-14(12)18-15;/h12-15,18H,2-10H2,1H3,(H,17,20);1H. The Labute approximate surface area is 139 Å². The molecule has 2 aliphatic heterocycles. The fraction of sp³-hybridized carbons (Fsp3) is 0.875. The van der Waals surface area contributed by atoms with E-state index in [4.69, 9.17) is 0 Å².